The van der Waals surface area contributed by atoms with Crippen LogP contribution in [0.25, 0.3) is 0 Å². The maximum absolute atomic E-state index is 10.7. The average Bonchev–Trinajstić information content (AvgIpc) is 2.36. The fraction of sp³-hybridized carbons (Fsp3) is 0.571. The van der Waals surface area contributed by atoms with Crippen LogP contribution in [0.1, 0.15) is 25.3 Å². The first-order valence-corrected chi connectivity index (χ1v) is 7.12. The average molecular weight is 288 g/mol. The molecule has 1 heterocycles. The van der Waals surface area contributed by atoms with Gasteiger partial charge in [0.25, 0.3) is 0 Å². The number of benzene rings is 1. The molecule has 2 rings (SSSR count). The van der Waals surface area contributed by atoms with Gasteiger partial charge in [-0.15, -0.1) is 0 Å². The van der Waals surface area contributed by atoms with Crippen molar-refractivity contribution in [2.24, 2.45) is 5.92 Å². The number of halogens is 2. The van der Waals surface area contributed by atoms with Gasteiger partial charge in [0.1, 0.15) is 0 Å². The predicted octanol–water partition coefficient (Wildman–Crippen LogP) is 3.29. The first-order chi connectivity index (χ1) is 8.50. The Hall–Kier alpha value is -0.280. The van der Waals surface area contributed by atoms with Crippen LogP contribution in [0.15, 0.2) is 18.2 Å². The quantitative estimate of drug-likeness (QED) is 0.894. The molecular weight excluding hydrogens is 269 g/mol. The Bertz CT molecular complexity index is 414. The van der Waals surface area contributed by atoms with E-state index in [4.69, 9.17) is 23.2 Å². The van der Waals surface area contributed by atoms with E-state index in [-0.39, 0.29) is 5.92 Å². The Morgan fingerprint density at radius 2 is 2.22 bits per heavy atom. The van der Waals surface area contributed by atoms with Gasteiger partial charge in [-0.2, -0.15) is 0 Å². The minimum atomic E-state index is -0.748. The van der Waals surface area contributed by atoms with Gasteiger partial charge in [-0.3, -0.25) is 0 Å². The van der Waals surface area contributed by atoms with Gasteiger partial charge >= 0.3 is 0 Å². The van der Waals surface area contributed by atoms with Crippen molar-refractivity contribution >= 4 is 23.2 Å². The zero-order chi connectivity index (χ0) is 13.2. The number of nitrogens with one attached hydrogen (secondary N) is 1. The van der Waals surface area contributed by atoms with Gasteiger partial charge in [0.15, 0.2) is 0 Å². The molecule has 1 aromatic rings. The molecule has 2 nitrogen and oxygen atoms in total. The maximum atomic E-state index is 10.7. The first kappa shape index (κ1) is 14.1. The Balaban J connectivity index is 2.13. The first-order valence-electron chi connectivity index (χ1n) is 6.36. The van der Waals surface area contributed by atoms with Crippen molar-refractivity contribution in [3.05, 3.63) is 33.8 Å². The van der Waals surface area contributed by atoms with E-state index in [1.807, 2.05) is 19.1 Å². The molecule has 0 spiro atoms. The van der Waals surface area contributed by atoms with Crippen LogP contribution in [-0.2, 0) is 6.42 Å². The van der Waals surface area contributed by atoms with Crippen molar-refractivity contribution in [3.8, 4) is 0 Å². The summed E-state index contributed by atoms with van der Waals surface area (Å²) in [6, 6.07) is 5.57. The lowest BCUT2D eigenvalue weighted by Crippen LogP contribution is -2.45. The fourth-order valence-corrected chi connectivity index (χ4v) is 2.98. The van der Waals surface area contributed by atoms with Crippen LogP contribution in [0.3, 0.4) is 0 Å². The van der Waals surface area contributed by atoms with E-state index in [2.05, 4.69) is 5.32 Å². The second-order valence-electron chi connectivity index (χ2n) is 5.29. The lowest BCUT2D eigenvalue weighted by atomic mass is 9.79. The Labute approximate surface area is 118 Å². The minimum absolute atomic E-state index is 0.265. The van der Waals surface area contributed by atoms with Crippen LogP contribution in [0.2, 0.25) is 10.0 Å². The van der Waals surface area contributed by atoms with Crippen LogP contribution in [0.4, 0.5) is 0 Å². The van der Waals surface area contributed by atoms with Gasteiger partial charge in [0.05, 0.1) is 15.6 Å². The van der Waals surface area contributed by atoms with Gasteiger partial charge < -0.3 is 10.4 Å². The molecule has 1 aliphatic rings. The van der Waals surface area contributed by atoms with E-state index in [9.17, 15) is 5.11 Å². The second kappa shape index (κ2) is 5.79. The maximum Gasteiger partial charge on any atom is 0.0700 e. The van der Waals surface area contributed by atoms with E-state index in [0.29, 0.717) is 16.5 Å². The van der Waals surface area contributed by atoms with Gasteiger partial charge in [-0.25, -0.2) is 0 Å². The van der Waals surface area contributed by atoms with Crippen LogP contribution < -0.4 is 5.32 Å². The van der Waals surface area contributed by atoms with Crippen LogP contribution in [0.5, 0.6) is 0 Å². The highest BCUT2D eigenvalue weighted by Gasteiger charge is 2.33. The van der Waals surface area contributed by atoms with Crippen LogP contribution in [-0.4, -0.2) is 23.8 Å². The van der Waals surface area contributed by atoms with E-state index in [1.54, 1.807) is 6.07 Å². The molecule has 1 aromatic carbocycles. The molecule has 0 aromatic heterocycles. The molecule has 100 valence electrons. The van der Waals surface area contributed by atoms with Crippen molar-refractivity contribution in [1.82, 2.24) is 5.32 Å². The van der Waals surface area contributed by atoms with Gasteiger partial charge in [0, 0.05) is 18.9 Å². The molecule has 1 fully saturated rings. The molecule has 1 saturated heterocycles. The number of hydrogen-bond donors (Lipinski definition) is 2. The molecule has 0 bridgehead atoms. The molecule has 18 heavy (non-hydrogen) atoms. The Morgan fingerprint density at radius 1 is 1.44 bits per heavy atom. The molecular formula is C14H19Cl2NO. The fourth-order valence-electron chi connectivity index (χ4n) is 2.60. The molecule has 2 atom stereocenters. The van der Waals surface area contributed by atoms with Crippen molar-refractivity contribution < 1.29 is 5.11 Å². The third-order valence-corrected chi connectivity index (χ3v) is 4.61. The zero-order valence-corrected chi connectivity index (χ0v) is 12.1. The highest BCUT2D eigenvalue weighted by molar-refractivity contribution is 6.42. The highest BCUT2D eigenvalue weighted by Crippen LogP contribution is 2.32. The van der Waals surface area contributed by atoms with Gasteiger partial charge in [-0.05, 0) is 37.9 Å². The van der Waals surface area contributed by atoms with Crippen molar-refractivity contribution in [2.75, 3.05) is 13.1 Å². The normalized spacial score (nSPS) is 23.7. The molecule has 0 amide bonds. The topological polar surface area (TPSA) is 32.3 Å². The second-order valence-corrected chi connectivity index (χ2v) is 6.08. The van der Waals surface area contributed by atoms with Crippen molar-refractivity contribution in [2.45, 2.75) is 31.8 Å². The predicted molar refractivity (Wildman–Crippen MR) is 76.4 cm³/mol. The lowest BCUT2D eigenvalue weighted by molar-refractivity contribution is -0.0102. The summed E-state index contributed by atoms with van der Waals surface area (Å²) in [5.41, 5.74) is 0.168. The van der Waals surface area contributed by atoms with E-state index >= 15 is 0 Å². The molecule has 0 saturated carbocycles. The standard InChI is InChI=1S/C14H19Cl2NO/c1-14(18,11-5-3-7-17-9-11)8-10-4-2-6-12(15)13(10)16/h2,4,6,11,17-18H,3,5,7-9H2,1H3. The zero-order valence-electron chi connectivity index (χ0n) is 10.5. The number of aliphatic hydroxyl groups is 1. The third-order valence-electron chi connectivity index (χ3n) is 3.76. The summed E-state index contributed by atoms with van der Waals surface area (Å²) in [5.74, 6) is 0.265. The van der Waals surface area contributed by atoms with E-state index in [1.165, 1.54) is 0 Å². The monoisotopic (exact) mass is 287 g/mol. The van der Waals surface area contributed by atoms with Crippen LogP contribution in [0, 0.1) is 5.92 Å². The summed E-state index contributed by atoms with van der Waals surface area (Å²) in [4.78, 5) is 0. The van der Waals surface area contributed by atoms with Crippen molar-refractivity contribution in [1.29, 1.82) is 0 Å². The summed E-state index contributed by atoms with van der Waals surface area (Å²) >= 11 is 12.2. The van der Waals surface area contributed by atoms with Gasteiger partial charge in [0.2, 0.25) is 0 Å². The smallest absolute Gasteiger partial charge is 0.0700 e. The minimum Gasteiger partial charge on any atom is -0.389 e. The molecule has 2 N–H and O–H groups in total. The largest absolute Gasteiger partial charge is 0.389 e. The summed E-state index contributed by atoms with van der Waals surface area (Å²) in [6.45, 7) is 3.80. The lowest BCUT2D eigenvalue weighted by Gasteiger charge is -2.36. The number of piperidine rings is 1. The molecule has 2 unspecified atom stereocenters. The Kier molecular flexibility index (Phi) is 4.54. The highest BCUT2D eigenvalue weighted by atomic mass is 35.5. The summed E-state index contributed by atoms with van der Waals surface area (Å²) in [5, 5.41) is 15.1. The third kappa shape index (κ3) is 3.18. The summed E-state index contributed by atoms with van der Waals surface area (Å²) in [7, 11) is 0. The Morgan fingerprint density at radius 3 is 2.89 bits per heavy atom. The SMILES string of the molecule is CC(O)(Cc1cccc(Cl)c1Cl)C1CCCNC1. The van der Waals surface area contributed by atoms with E-state index in [0.717, 1.165) is 31.5 Å². The van der Waals surface area contributed by atoms with Gasteiger partial charge in [-0.1, -0.05) is 35.3 Å². The molecule has 4 heteroatoms. The van der Waals surface area contributed by atoms with Crippen LogP contribution >= 0.6 is 23.2 Å². The summed E-state index contributed by atoms with van der Waals surface area (Å²) in [6.07, 6.45) is 2.71. The summed E-state index contributed by atoms with van der Waals surface area (Å²) < 4.78 is 0. The number of hydrogen-bond acceptors (Lipinski definition) is 2. The number of rotatable bonds is 3. The molecule has 0 aliphatic carbocycles. The molecule has 0 radical (unpaired) electrons. The van der Waals surface area contributed by atoms with Crippen molar-refractivity contribution in [3.63, 3.8) is 0 Å². The van der Waals surface area contributed by atoms with E-state index < -0.39 is 5.60 Å². The molecule has 1 aliphatic heterocycles.